The Kier molecular flexibility index (Phi) is 4.70. The molecule has 0 heterocycles. The number of hydrogen-bond donors (Lipinski definition) is 2. The summed E-state index contributed by atoms with van der Waals surface area (Å²) in [5, 5.41) is 0. The van der Waals surface area contributed by atoms with Crippen LogP contribution in [0.4, 0.5) is 26.3 Å². The maximum Gasteiger partial charge on any atom is 0.402 e. The summed E-state index contributed by atoms with van der Waals surface area (Å²) in [5.74, 6) is 1.38. The number of hydrogen-bond acceptors (Lipinski definition) is 2. The number of nitrogens with one attached hydrogen (secondary N) is 1. The average molecular weight is 300 g/mol. The van der Waals surface area contributed by atoms with Crippen LogP contribution in [-0.4, -0.2) is 12.4 Å². The fraction of sp³-hybridized carbons (Fsp3) is 0.500. The molecule has 0 saturated carbocycles. The fourth-order valence-corrected chi connectivity index (χ4v) is 2.14. The second-order valence-electron chi connectivity index (χ2n) is 4.63. The van der Waals surface area contributed by atoms with Crippen LogP contribution in [-0.2, 0) is 0 Å². The molecule has 0 aliphatic carbocycles. The van der Waals surface area contributed by atoms with Gasteiger partial charge in [-0.3, -0.25) is 11.3 Å². The zero-order chi connectivity index (χ0) is 15.7. The molecule has 3 N–H and O–H groups in total. The van der Waals surface area contributed by atoms with Gasteiger partial charge in [-0.2, -0.15) is 26.3 Å². The monoisotopic (exact) mass is 300 g/mol. The Morgan fingerprint density at radius 3 is 1.60 bits per heavy atom. The summed E-state index contributed by atoms with van der Waals surface area (Å²) in [7, 11) is 0. The molecule has 20 heavy (non-hydrogen) atoms. The van der Waals surface area contributed by atoms with Gasteiger partial charge in [0, 0.05) is 0 Å². The maximum absolute atomic E-state index is 12.7. The van der Waals surface area contributed by atoms with Crippen molar-refractivity contribution < 1.29 is 26.3 Å². The Morgan fingerprint density at radius 2 is 1.30 bits per heavy atom. The summed E-state index contributed by atoms with van der Waals surface area (Å²) in [4.78, 5) is 0. The van der Waals surface area contributed by atoms with Gasteiger partial charge in [-0.25, -0.2) is 0 Å². The molecule has 0 radical (unpaired) electrons. The number of rotatable bonds is 3. The molecular weight excluding hydrogens is 286 g/mol. The highest BCUT2D eigenvalue weighted by Gasteiger charge is 2.60. The first kappa shape index (κ1) is 16.8. The molecule has 8 heteroatoms. The van der Waals surface area contributed by atoms with Crippen molar-refractivity contribution in [3.8, 4) is 0 Å². The van der Waals surface area contributed by atoms with Crippen LogP contribution in [0.15, 0.2) is 18.2 Å². The number of halogens is 6. The summed E-state index contributed by atoms with van der Waals surface area (Å²) in [5.41, 5.74) is 2.61. The van der Waals surface area contributed by atoms with E-state index in [4.69, 9.17) is 5.84 Å². The topological polar surface area (TPSA) is 38.0 Å². The number of benzene rings is 1. The van der Waals surface area contributed by atoms with Crippen LogP contribution in [0.1, 0.15) is 22.7 Å². The molecule has 0 saturated heterocycles. The molecule has 0 aliphatic heterocycles. The van der Waals surface area contributed by atoms with E-state index in [1.54, 1.807) is 25.3 Å². The molecular formula is C12H14F6N2. The predicted molar refractivity (Wildman–Crippen MR) is 61.6 cm³/mol. The highest BCUT2D eigenvalue weighted by molar-refractivity contribution is 5.31. The van der Waals surface area contributed by atoms with Gasteiger partial charge in [-0.15, -0.1) is 0 Å². The molecule has 0 fully saturated rings. The van der Waals surface area contributed by atoms with Gasteiger partial charge in [-0.1, -0.05) is 29.3 Å². The van der Waals surface area contributed by atoms with Crippen molar-refractivity contribution in [2.24, 2.45) is 11.8 Å². The molecule has 114 valence electrons. The second kappa shape index (κ2) is 5.61. The lowest BCUT2D eigenvalue weighted by molar-refractivity contribution is -0.292. The second-order valence-corrected chi connectivity index (χ2v) is 4.63. The summed E-state index contributed by atoms with van der Waals surface area (Å²) in [6.07, 6.45) is -10.9. The van der Waals surface area contributed by atoms with Gasteiger partial charge in [0.2, 0.25) is 0 Å². The van der Waals surface area contributed by atoms with Crippen molar-refractivity contribution in [2.45, 2.75) is 32.2 Å². The summed E-state index contributed by atoms with van der Waals surface area (Å²) in [6, 6.07) is 2.06. The number of alkyl halides is 6. The molecule has 0 spiro atoms. The predicted octanol–water partition coefficient (Wildman–Crippen LogP) is 3.55. The fourth-order valence-electron chi connectivity index (χ4n) is 2.14. The Bertz CT molecular complexity index is 432. The van der Waals surface area contributed by atoms with E-state index in [-0.39, 0.29) is 5.56 Å². The lowest BCUT2D eigenvalue weighted by Crippen LogP contribution is -2.47. The van der Waals surface area contributed by atoms with Gasteiger partial charge in [0.15, 0.2) is 5.92 Å². The summed E-state index contributed by atoms with van der Waals surface area (Å²) >= 11 is 0. The highest BCUT2D eigenvalue weighted by Crippen LogP contribution is 2.46. The molecule has 1 atom stereocenters. The van der Waals surface area contributed by atoms with Crippen LogP contribution in [0.2, 0.25) is 0 Å². The van der Waals surface area contributed by atoms with Crippen molar-refractivity contribution in [3.05, 3.63) is 34.9 Å². The van der Waals surface area contributed by atoms with Crippen molar-refractivity contribution >= 4 is 0 Å². The molecule has 1 aromatic carbocycles. The molecule has 0 bridgehead atoms. The first-order chi connectivity index (χ1) is 8.96. The minimum atomic E-state index is -5.45. The molecule has 1 aromatic rings. The van der Waals surface area contributed by atoms with Gasteiger partial charge in [-0.05, 0) is 19.4 Å². The Balaban J connectivity index is 3.34. The Morgan fingerprint density at radius 1 is 0.900 bits per heavy atom. The lowest BCUT2D eigenvalue weighted by atomic mass is 9.90. The highest BCUT2D eigenvalue weighted by atomic mass is 19.4. The van der Waals surface area contributed by atoms with Gasteiger partial charge in [0.25, 0.3) is 0 Å². The van der Waals surface area contributed by atoms with Gasteiger partial charge in [0.05, 0.1) is 6.04 Å². The van der Waals surface area contributed by atoms with Gasteiger partial charge < -0.3 is 0 Å². The van der Waals surface area contributed by atoms with E-state index in [9.17, 15) is 26.3 Å². The van der Waals surface area contributed by atoms with Crippen molar-refractivity contribution in [1.29, 1.82) is 0 Å². The van der Waals surface area contributed by atoms with Crippen molar-refractivity contribution in [2.75, 3.05) is 0 Å². The quantitative estimate of drug-likeness (QED) is 0.509. The van der Waals surface area contributed by atoms with Gasteiger partial charge >= 0.3 is 12.4 Å². The molecule has 2 nitrogen and oxygen atoms in total. The Hall–Kier alpha value is -1.28. The molecule has 0 aromatic heterocycles. The van der Waals surface area contributed by atoms with Crippen LogP contribution < -0.4 is 11.3 Å². The lowest BCUT2D eigenvalue weighted by Gasteiger charge is -2.30. The zero-order valence-corrected chi connectivity index (χ0v) is 10.7. The maximum atomic E-state index is 12.7. The zero-order valence-electron chi connectivity index (χ0n) is 10.7. The molecule has 1 rings (SSSR count). The van der Waals surface area contributed by atoms with Crippen LogP contribution in [0.25, 0.3) is 0 Å². The number of nitrogens with two attached hydrogens (primary N) is 1. The van der Waals surface area contributed by atoms with E-state index in [1.807, 2.05) is 0 Å². The van der Waals surface area contributed by atoms with E-state index >= 15 is 0 Å². The van der Waals surface area contributed by atoms with E-state index in [0.717, 1.165) is 0 Å². The van der Waals surface area contributed by atoms with E-state index in [0.29, 0.717) is 11.1 Å². The average Bonchev–Trinajstić information content (AvgIpc) is 2.20. The van der Waals surface area contributed by atoms with E-state index in [1.165, 1.54) is 12.1 Å². The van der Waals surface area contributed by atoms with Crippen LogP contribution in [0.5, 0.6) is 0 Å². The first-order valence-corrected chi connectivity index (χ1v) is 5.64. The molecule has 0 amide bonds. The van der Waals surface area contributed by atoms with Crippen molar-refractivity contribution in [1.82, 2.24) is 5.43 Å². The molecule has 0 aliphatic rings. The minimum absolute atomic E-state index is 0.148. The van der Waals surface area contributed by atoms with E-state index in [2.05, 4.69) is 0 Å². The van der Waals surface area contributed by atoms with Crippen LogP contribution in [0, 0.1) is 19.8 Å². The third-order valence-electron chi connectivity index (χ3n) is 2.82. The SMILES string of the molecule is Cc1cc(C)cc(C(NN)C(C(F)(F)F)C(F)(F)F)c1. The van der Waals surface area contributed by atoms with Crippen LogP contribution in [0.3, 0.4) is 0 Å². The van der Waals surface area contributed by atoms with Crippen LogP contribution >= 0.6 is 0 Å². The summed E-state index contributed by atoms with van der Waals surface area (Å²) < 4.78 is 76.3. The number of aryl methyl sites for hydroxylation is 2. The smallest absolute Gasteiger partial charge is 0.271 e. The minimum Gasteiger partial charge on any atom is -0.271 e. The third-order valence-corrected chi connectivity index (χ3v) is 2.82. The Labute approximate surface area is 111 Å². The van der Waals surface area contributed by atoms with Crippen molar-refractivity contribution in [3.63, 3.8) is 0 Å². The van der Waals surface area contributed by atoms with Gasteiger partial charge in [0.1, 0.15) is 0 Å². The molecule has 1 unspecified atom stereocenters. The standard InChI is InChI=1S/C12H14F6N2/c1-6-3-7(2)5-8(4-6)9(20-19)10(11(13,14)15)12(16,17)18/h3-5,9-10,20H,19H2,1-2H3. The van der Waals surface area contributed by atoms with E-state index < -0.39 is 24.3 Å². The largest absolute Gasteiger partial charge is 0.402 e. The first-order valence-electron chi connectivity index (χ1n) is 5.64. The third kappa shape index (κ3) is 3.86. The summed E-state index contributed by atoms with van der Waals surface area (Å²) in [6.45, 7) is 3.17. The normalized spacial score (nSPS) is 14.7. The number of hydrazine groups is 1.